The Morgan fingerprint density at radius 3 is 2.61 bits per heavy atom. The molecule has 3 aliphatic rings. The standard InChI is InChI=1S/C28H44N2O5S/c1-7-10-15-35-27(34)22-21-12-13-28(36-21)23(22)25(32)30(20(17-31)16-18(4)5)24(28)26(33)29(14-9-3)19(6)11-8-2/h7,9,18-24,31H,1,3,8,10-17H2,2,4-6H3/t19?,20-,21-,22+,23+,24?,28?/m1/s1. The Morgan fingerprint density at radius 2 is 2.03 bits per heavy atom. The lowest BCUT2D eigenvalue weighted by Gasteiger charge is -2.41. The monoisotopic (exact) mass is 520 g/mol. The molecule has 3 aliphatic heterocycles. The van der Waals surface area contributed by atoms with Gasteiger partial charge in [-0.25, -0.2) is 0 Å². The molecule has 3 rings (SSSR count). The van der Waals surface area contributed by atoms with E-state index in [4.69, 9.17) is 4.74 Å². The maximum atomic E-state index is 14.4. The molecule has 3 heterocycles. The van der Waals surface area contributed by atoms with Crippen LogP contribution in [0.1, 0.15) is 66.2 Å². The third kappa shape index (κ3) is 5.13. The fraction of sp³-hybridized carbons (Fsp3) is 0.750. The Balaban J connectivity index is 2.05. The number of hydrogen-bond acceptors (Lipinski definition) is 6. The maximum Gasteiger partial charge on any atom is 0.310 e. The van der Waals surface area contributed by atoms with Gasteiger partial charge in [0.15, 0.2) is 0 Å². The van der Waals surface area contributed by atoms with Crippen molar-refractivity contribution in [1.82, 2.24) is 9.80 Å². The van der Waals surface area contributed by atoms with Crippen molar-refractivity contribution in [3.8, 4) is 0 Å². The van der Waals surface area contributed by atoms with Gasteiger partial charge in [-0.1, -0.05) is 39.3 Å². The van der Waals surface area contributed by atoms with Crippen LogP contribution in [-0.4, -0.2) is 80.6 Å². The number of likely N-dealkylation sites (tertiary alicyclic amines) is 1. The van der Waals surface area contributed by atoms with E-state index in [1.807, 2.05) is 25.7 Å². The predicted molar refractivity (Wildman–Crippen MR) is 143 cm³/mol. The van der Waals surface area contributed by atoms with Crippen molar-refractivity contribution in [2.75, 3.05) is 19.8 Å². The van der Waals surface area contributed by atoms with Crippen LogP contribution in [0.5, 0.6) is 0 Å². The second kappa shape index (κ2) is 12.2. The summed E-state index contributed by atoms with van der Waals surface area (Å²) in [6, 6.07) is -1.20. The summed E-state index contributed by atoms with van der Waals surface area (Å²) in [5, 5.41) is 10.4. The molecule has 0 aromatic rings. The van der Waals surface area contributed by atoms with Gasteiger partial charge in [-0.05, 0) is 44.9 Å². The van der Waals surface area contributed by atoms with Crippen LogP contribution in [0.3, 0.4) is 0 Å². The molecular formula is C28H44N2O5S. The van der Waals surface area contributed by atoms with Crippen LogP contribution >= 0.6 is 11.8 Å². The van der Waals surface area contributed by atoms with E-state index >= 15 is 0 Å². The second-order valence-electron chi connectivity index (χ2n) is 10.9. The van der Waals surface area contributed by atoms with Crippen LogP contribution in [0.2, 0.25) is 0 Å². The molecular weight excluding hydrogens is 476 g/mol. The van der Waals surface area contributed by atoms with Gasteiger partial charge in [-0.15, -0.1) is 24.9 Å². The lowest BCUT2D eigenvalue weighted by atomic mass is 9.71. The number of amides is 2. The largest absolute Gasteiger partial charge is 0.465 e. The minimum atomic E-state index is -0.717. The smallest absolute Gasteiger partial charge is 0.310 e. The molecule has 202 valence electrons. The topological polar surface area (TPSA) is 87.1 Å². The summed E-state index contributed by atoms with van der Waals surface area (Å²) in [5.41, 5.74) is 0. The highest BCUT2D eigenvalue weighted by atomic mass is 32.2. The SMILES string of the molecule is C=CCCOC(=O)[C@@H]1[C@H]2C(=O)N([C@@H](CO)CC(C)C)C(C(=O)N(CC=C)C(C)CCC)C23CC[C@H]1S3. The lowest BCUT2D eigenvalue weighted by molar-refractivity contribution is -0.154. The molecule has 2 bridgehead atoms. The van der Waals surface area contributed by atoms with E-state index in [2.05, 4.69) is 20.1 Å². The summed E-state index contributed by atoms with van der Waals surface area (Å²) in [4.78, 5) is 45.3. The molecule has 0 saturated carbocycles. The van der Waals surface area contributed by atoms with Crippen LogP contribution in [-0.2, 0) is 19.1 Å². The van der Waals surface area contributed by atoms with Gasteiger partial charge in [-0.2, -0.15) is 0 Å². The quantitative estimate of drug-likeness (QED) is 0.213. The first kappa shape index (κ1) is 28.8. The van der Waals surface area contributed by atoms with E-state index in [0.29, 0.717) is 25.8 Å². The Kier molecular flexibility index (Phi) is 9.72. The summed E-state index contributed by atoms with van der Waals surface area (Å²) in [5.74, 6) is -1.58. The fourth-order valence-electron chi connectivity index (χ4n) is 6.55. The molecule has 7 atom stereocenters. The minimum Gasteiger partial charge on any atom is -0.465 e. The average molecular weight is 521 g/mol. The van der Waals surface area contributed by atoms with E-state index in [0.717, 1.165) is 19.3 Å². The maximum absolute atomic E-state index is 14.4. The first-order chi connectivity index (χ1) is 17.2. The summed E-state index contributed by atoms with van der Waals surface area (Å²) in [6.45, 7) is 16.2. The third-order valence-corrected chi connectivity index (χ3v) is 9.96. The molecule has 36 heavy (non-hydrogen) atoms. The van der Waals surface area contributed by atoms with Crippen LogP contribution in [0.4, 0.5) is 0 Å². The van der Waals surface area contributed by atoms with Crippen molar-refractivity contribution in [2.45, 2.75) is 94.3 Å². The van der Waals surface area contributed by atoms with Gasteiger partial charge in [0, 0.05) is 17.8 Å². The molecule has 0 radical (unpaired) electrons. The highest BCUT2D eigenvalue weighted by molar-refractivity contribution is 8.02. The van der Waals surface area contributed by atoms with Crippen molar-refractivity contribution in [2.24, 2.45) is 17.8 Å². The molecule has 0 aromatic carbocycles. The number of rotatable bonds is 14. The lowest BCUT2D eigenvalue weighted by Crippen LogP contribution is -2.59. The number of esters is 1. The summed E-state index contributed by atoms with van der Waals surface area (Å²) in [7, 11) is 0. The number of fused-ring (bicyclic) bond motifs is 1. The molecule has 2 amide bonds. The van der Waals surface area contributed by atoms with Gasteiger partial charge in [0.25, 0.3) is 0 Å². The number of aliphatic hydroxyl groups excluding tert-OH is 1. The predicted octanol–water partition coefficient (Wildman–Crippen LogP) is 3.81. The Morgan fingerprint density at radius 1 is 1.31 bits per heavy atom. The Labute approximate surface area is 220 Å². The molecule has 0 aromatic heterocycles. The van der Waals surface area contributed by atoms with Gasteiger partial charge in [0.05, 0.1) is 35.8 Å². The van der Waals surface area contributed by atoms with Gasteiger partial charge >= 0.3 is 5.97 Å². The number of hydrogen-bond donors (Lipinski definition) is 1. The Hall–Kier alpha value is -1.80. The van der Waals surface area contributed by atoms with Crippen LogP contribution in [0, 0.1) is 17.8 Å². The van der Waals surface area contributed by atoms with Crippen molar-refractivity contribution in [3.05, 3.63) is 25.3 Å². The van der Waals surface area contributed by atoms with Crippen molar-refractivity contribution >= 4 is 29.5 Å². The molecule has 1 spiro atoms. The van der Waals surface area contributed by atoms with Gasteiger partial charge in [0.2, 0.25) is 11.8 Å². The van der Waals surface area contributed by atoms with Crippen molar-refractivity contribution in [1.29, 1.82) is 0 Å². The number of ether oxygens (including phenoxy) is 1. The Bertz CT molecular complexity index is 848. The second-order valence-corrected chi connectivity index (χ2v) is 12.5. The van der Waals surface area contributed by atoms with Gasteiger partial charge < -0.3 is 19.6 Å². The van der Waals surface area contributed by atoms with Gasteiger partial charge in [-0.3, -0.25) is 14.4 Å². The fourth-order valence-corrected chi connectivity index (χ4v) is 8.73. The molecule has 7 nitrogen and oxygen atoms in total. The zero-order valence-electron chi connectivity index (χ0n) is 22.4. The summed E-state index contributed by atoms with van der Waals surface area (Å²) >= 11 is 1.64. The number of carbonyl (C=O) groups excluding carboxylic acids is 3. The van der Waals surface area contributed by atoms with Crippen LogP contribution < -0.4 is 0 Å². The average Bonchev–Trinajstić information content (AvgIpc) is 3.48. The van der Waals surface area contributed by atoms with Crippen molar-refractivity contribution < 1.29 is 24.2 Å². The molecule has 3 saturated heterocycles. The summed E-state index contributed by atoms with van der Waals surface area (Å²) in [6.07, 6.45) is 7.83. The number of aliphatic hydroxyl groups is 1. The zero-order valence-corrected chi connectivity index (χ0v) is 23.2. The molecule has 0 aliphatic carbocycles. The number of nitrogens with zero attached hydrogens (tertiary/aromatic N) is 2. The van der Waals surface area contributed by atoms with Crippen molar-refractivity contribution in [3.63, 3.8) is 0 Å². The first-order valence-electron chi connectivity index (χ1n) is 13.5. The first-order valence-corrected chi connectivity index (χ1v) is 14.4. The zero-order chi connectivity index (χ0) is 26.6. The molecule has 1 N–H and O–H groups in total. The molecule has 3 unspecified atom stereocenters. The minimum absolute atomic E-state index is 0.00570. The van der Waals surface area contributed by atoms with Crippen LogP contribution in [0.15, 0.2) is 25.3 Å². The van der Waals surface area contributed by atoms with E-state index in [1.54, 1.807) is 28.8 Å². The van der Waals surface area contributed by atoms with E-state index < -0.39 is 28.7 Å². The molecule has 3 fully saturated rings. The number of carbonyl (C=O) groups is 3. The highest BCUT2D eigenvalue weighted by Gasteiger charge is 2.74. The van der Waals surface area contributed by atoms with E-state index in [1.165, 1.54) is 0 Å². The summed E-state index contributed by atoms with van der Waals surface area (Å²) < 4.78 is 4.87. The highest BCUT2D eigenvalue weighted by Crippen LogP contribution is 2.67. The number of thioether (sulfide) groups is 1. The van der Waals surface area contributed by atoms with E-state index in [-0.39, 0.29) is 48.2 Å². The third-order valence-electron chi connectivity index (χ3n) is 8.01. The normalized spacial score (nSPS) is 30.3. The van der Waals surface area contributed by atoms with Gasteiger partial charge in [0.1, 0.15) is 6.04 Å². The van der Waals surface area contributed by atoms with Crippen LogP contribution in [0.25, 0.3) is 0 Å². The van der Waals surface area contributed by atoms with E-state index in [9.17, 15) is 19.5 Å². The molecule has 8 heteroatoms.